The van der Waals surface area contributed by atoms with Crippen molar-refractivity contribution in [2.24, 2.45) is 11.7 Å². The lowest BCUT2D eigenvalue weighted by Gasteiger charge is -2.32. The van der Waals surface area contributed by atoms with Gasteiger partial charge in [0, 0.05) is 32.0 Å². The molecular weight excluding hydrogens is 354 g/mol. The van der Waals surface area contributed by atoms with E-state index in [-0.39, 0.29) is 18.0 Å². The first kappa shape index (κ1) is 20.0. The molecule has 0 saturated carbocycles. The van der Waals surface area contributed by atoms with E-state index in [4.69, 9.17) is 10.5 Å². The average Bonchev–Trinajstić information content (AvgIpc) is 2.62. The Morgan fingerprint density at radius 3 is 2.46 bits per heavy atom. The molecule has 2 N–H and O–H groups in total. The molecule has 0 saturated heterocycles. The molecule has 1 aromatic heterocycles. The zero-order valence-electron chi connectivity index (χ0n) is 14.8. The number of ether oxygens (including phenoxy) is 1. The smallest absolute Gasteiger partial charge is 0.244 e. The highest BCUT2D eigenvalue weighted by Crippen LogP contribution is 2.24. The van der Waals surface area contributed by atoms with Crippen LogP contribution in [0.15, 0.2) is 59.8 Å². The van der Waals surface area contributed by atoms with E-state index in [1.807, 2.05) is 0 Å². The van der Waals surface area contributed by atoms with Gasteiger partial charge in [0.15, 0.2) is 0 Å². The monoisotopic (exact) mass is 377 g/mol. The van der Waals surface area contributed by atoms with Gasteiger partial charge in [-0.1, -0.05) is 31.2 Å². The molecule has 0 spiro atoms. The molecule has 2 rings (SSSR count). The van der Waals surface area contributed by atoms with E-state index in [1.54, 1.807) is 49.6 Å². The van der Waals surface area contributed by atoms with Crippen LogP contribution in [0.5, 0.6) is 0 Å². The number of nitrogens with two attached hydrogens (primary N) is 1. The first-order chi connectivity index (χ1) is 12.4. The molecule has 2 aromatic rings. The number of hydrogen-bond acceptors (Lipinski definition) is 5. The predicted molar refractivity (Wildman–Crippen MR) is 97.4 cm³/mol. The Bertz CT molecular complexity index is 813. The lowest BCUT2D eigenvalue weighted by atomic mass is 10.0. The molecule has 1 heterocycles. The summed E-state index contributed by atoms with van der Waals surface area (Å²) in [7, 11) is -2.47. The quantitative estimate of drug-likeness (QED) is 0.712. The van der Waals surface area contributed by atoms with Crippen LogP contribution in [0.4, 0.5) is 0 Å². The fraction of sp³-hybridized carbons (Fsp3) is 0.333. The number of carbonyl (C=O) groups excluding carboxylic acids is 1. The summed E-state index contributed by atoms with van der Waals surface area (Å²) in [5.74, 6) is -1.15. The number of nitrogens with zero attached hydrogens (tertiary/aromatic N) is 2. The zero-order valence-corrected chi connectivity index (χ0v) is 15.6. The van der Waals surface area contributed by atoms with Gasteiger partial charge in [0.05, 0.1) is 11.5 Å². The minimum atomic E-state index is -3.96. The third-order valence-electron chi connectivity index (χ3n) is 3.98. The molecule has 140 valence electrons. The van der Waals surface area contributed by atoms with Crippen LogP contribution in [0, 0.1) is 5.92 Å². The Labute approximate surface area is 153 Å². The van der Waals surface area contributed by atoms with E-state index in [0.29, 0.717) is 5.56 Å². The lowest BCUT2D eigenvalue weighted by Crippen LogP contribution is -2.51. The van der Waals surface area contributed by atoms with Gasteiger partial charge in [0.25, 0.3) is 0 Å². The second-order valence-corrected chi connectivity index (χ2v) is 7.89. The first-order valence-corrected chi connectivity index (χ1v) is 9.56. The molecule has 0 aliphatic rings. The van der Waals surface area contributed by atoms with Gasteiger partial charge in [-0.3, -0.25) is 9.78 Å². The average molecular weight is 377 g/mol. The molecular formula is C18H23N3O4S. The fourth-order valence-corrected chi connectivity index (χ4v) is 4.49. The maximum absolute atomic E-state index is 13.2. The van der Waals surface area contributed by atoms with Crippen LogP contribution in [0.1, 0.15) is 12.5 Å². The van der Waals surface area contributed by atoms with Gasteiger partial charge in [0.1, 0.15) is 6.04 Å². The molecule has 0 radical (unpaired) electrons. The van der Waals surface area contributed by atoms with Crippen molar-refractivity contribution in [3.05, 3.63) is 60.4 Å². The Balaban J connectivity index is 2.52. The van der Waals surface area contributed by atoms with Crippen molar-refractivity contribution in [1.82, 2.24) is 9.29 Å². The third kappa shape index (κ3) is 4.66. The molecule has 0 bridgehead atoms. The predicted octanol–water partition coefficient (Wildman–Crippen LogP) is 1.41. The third-order valence-corrected chi connectivity index (χ3v) is 5.82. The summed E-state index contributed by atoms with van der Waals surface area (Å²) in [5, 5.41) is 0. The SMILES string of the molecule is COCC(C)C(C(N)=O)N(Cc1cccnc1)S(=O)(=O)c1ccccc1. The van der Waals surface area contributed by atoms with E-state index >= 15 is 0 Å². The van der Waals surface area contributed by atoms with E-state index in [0.717, 1.165) is 4.31 Å². The number of aromatic nitrogens is 1. The maximum Gasteiger partial charge on any atom is 0.244 e. The highest BCUT2D eigenvalue weighted by atomic mass is 32.2. The number of amides is 1. The zero-order chi connectivity index (χ0) is 19.2. The molecule has 0 fully saturated rings. The van der Waals surface area contributed by atoms with Gasteiger partial charge >= 0.3 is 0 Å². The molecule has 7 nitrogen and oxygen atoms in total. The van der Waals surface area contributed by atoms with Crippen molar-refractivity contribution in [2.45, 2.75) is 24.4 Å². The summed E-state index contributed by atoms with van der Waals surface area (Å²) in [6, 6.07) is 10.4. The number of primary amides is 1. The summed E-state index contributed by atoms with van der Waals surface area (Å²) in [6.07, 6.45) is 3.16. The fourth-order valence-electron chi connectivity index (χ4n) is 2.79. The number of carbonyl (C=O) groups is 1. The Morgan fingerprint density at radius 1 is 1.23 bits per heavy atom. The second-order valence-electron chi connectivity index (χ2n) is 6.00. The van der Waals surface area contributed by atoms with Crippen molar-refractivity contribution in [2.75, 3.05) is 13.7 Å². The van der Waals surface area contributed by atoms with Gasteiger partial charge in [-0.25, -0.2) is 8.42 Å². The van der Waals surface area contributed by atoms with E-state index in [1.165, 1.54) is 19.2 Å². The van der Waals surface area contributed by atoms with E-state index in [2.05, 4.69) is 4.98 Å². The lowest BCUT2D eigenvalue weighted by molar-refractivity contribution is -0.124. The molecule has 0 aliphatic heterocycles. The first-order valence-electron chi connectivity index (χ1n) is 8.12. The molecule has 2 unspecified atom stereocenters. The number of methoxy groups -OCH3 is 1. The summed E-state index contributed by atoms with van der Waals surface area (Å²) in [6.45, 7) is 1.91. The van der Waals surface area contributed by atoms with E-state index < -0.39 is 27.9 Å². The minimum Gasteiger partial charge on any atom is -0.384 e. The highest BCUT2D eigenvalue weighted by molar-refractivity contribution is 7.89. The number of hydrogen-bond donors (Lipinski definition) is 1. The number of sulfonamides is 1. The van der Waals surface area contributed by atoms with Gasteiger partial charge in [-0.2, -0.15) is 4.31 Å². The normalized spacial score (nSPS) is 14.1. The van der Waals surface area contributed by atoms with Gasteiger partial charge in [0.2, 0.25) is 15.9 Å². The molecule has 1 aromatic carbocycles. The van der Waals surface area contributed by atoms with Crippen molar-refractivity contribution < 1.29 is 17.9 Å². The standard InChI is InChI=1S/C18H23N3O4S/c1-14(13-25-2)17(18(19)22)21(12-15-7-6-10-20-11-15)26(23,24)16-8-4-3-5-9-16/h3-11,14,17H,12-13H2,1-2H3,(H2,19,22). The van der Waals surface area contributed by atoms with Crippen LogP contribution < -0.4 is 5.73 Å². The molecule has 1 amide bonds. The summed E-state index contributed by atoms with van der Waals surface area (Å²) >= 11 is 0. The molecule has 2 atom stereocenters. The van der Waals surface area contributed by atoms with Crippen molar-refractivity contribution in [3.8, 4) is 0 Å². The Morgan fingerprint density at radius 2 is 1.92 bits per heavy atom. The number of pyridine rings is 1. The second kappa shape index (κ2) is 8.88. The van der Waals surface area contributed by atoms with Gasteiger partial charge in [-0.15, -0.1) is 0 Å². The molecule has 26 heavy (non-hydrogen) atoms. The Kier molecular flexibility index (Phi) is 6.84. The van der Waals surface area contributed by atoms with Crippen LogP contribution in [-0.4, -0.2) is 43.4 Å². The van der Waals surface area contributed by atoms with Crippen LogP contribution in [-0.2, 0) is 26.1 Å². The van der Waals surface area contributed by atoms with Crippen LogP contribution >= 0.6 is 0 Å². The van der Waals surface area contributed by atoms with Crippen LogP contribution in [0.25, 0.3) is 0 Å². The topological polar surface area (TPSA) is 103 Å². The molecule has 8 heteroatoms. The summed E-state index contributed by atoms with van der Waals surface area (Å²) in [5.41, 5.74) is 6.24. The summed E-state index contributed by atoms with van der Waals surface area (Å²) < 4.78 is 32.7. The van der Waals surface area contributed by atoms with Gasteiger partial charge < -0.3 is 10.5 Å². The van der Waals surface area contributed by atoms with E-state index in [9.17, 15) is 13.2 Å². The van der Waals surface area contributed by atoms with Crippen molar-refractivity contribution >= 4 is 15.9 Å². The molecule has 0 aliphatic carbocycles. The summed E-state index contributed by atoms with van der Waals surface area (Å²) in [4.78, 5) is 16.3. The van der Waals surface area contributed by atoms with Crippen LogP contribution in [0.2, 0.25) is 0 Å². The number of rotatable bonds is 9. The van der Waals surface area contributed by atoms with Crippen LogP contribution in [0.3, 0.4) is 0 Å². The highest BCUT2D eigenvalue weighted by Gasteiger charge is 2.38. The van der Waals surface area contributed by atoms with Crippen molar-refractivity contribution in [3.63, 3.8) is 0 Å². The van der Waals surface area contributed by atoms with Gasteiger partial charge in [-0.05, 0) is 23.8 Å². The van der Waals surface area contributed by atoms with Crippen molar-refractivity contribution in [1.29, 1.82) is 0 Å². The minimum absolute atomic E-state index is 0.0211. The Hall–Kier alpha value is -2.29. The number of benzene rings is 1. The largest absolute Gasteiger partial charge is 0.384 e. The maximum atomic E-state index is 13.2.